The van der Waals surface area contributed by atoms with E-state index in [0.717, 1.165) is 19.6 Å². The molecule has 1 fully saturated rings. The Balaban J connectivity index is 1.90. The third-order valence-corrected chi connectivity index (χ3v) is 3.38. The minimum absolute atomic E-state index is 0.0989. The van der Waals surface area contributed by atoms with E-state index < -0.39 is 0 Å². The average molecular weight is 253 g/mol. The topological polar surface area (TPSA) is 73.0 Å². The lowest BCUT2D eigenvalue weighted by Gasteiger charge is -2.29. The number of aryl methyl sites for hydroxylation is 1. The summed E-state index contributed by atoms with van der Waals surface area (Å²) in [6.07, 6.45) is 0.609. The van der Waals surface area contributed by atoms with E-state index in [-0.39, 0.29) is 11.6 Å². The minimum Gasteiger partial charge on any atom is -0.300 e. The lowest BCUT2D eigenvalue weighted by molar-refractivity contribution is -0.125. The molecule has 0 saturated carbocycles. The van der Waals surface area contributed by atoms with Crippen LogP contribution >= 0.6 is 0 Å². The molecule has 0 radical (unpaired) electrons. The summed E-state index contributed by atoms with van der Waals surface area (Å²) < 4.78 is 2.72. The first kappa shape index (κ1) is 12.9. The Hall–Kier alpha value is -1.50. The second kappa shape index (κ2) is 5.43. The van der Waals surface area contributed by atoms with E-state index in [1.807, 2.05) is 13.8 Å². The van der Waals surface area contributed by atoms with Crippen molar-refractivity contribution in [1.82, 2.24) is 24.7 Å². The molecular formula is C11H19N5O2. The van der Waals surface area contributed by atoms with Crippen LogP contribution in [0.1, 0.15) is 20.3 Å². The molecule has 0 amide bonds. The number of nitrogens with zero attached hydrogens (tertiary/aromatic N) is 5. The normalized spacial score (nSPS) is 21.4. The van der Waals surface area contributed by atoms with E-state index in [1.54, 1.807) is 0 Å². The maximum atomic E-state index is 11.7. The van der Waals surface area contributed by atoms with E-state index in [2.05, 4.69) is 15.3 Å². The molecule has 0 spiro atoms. The molecule has 1 aliphatic heterocycles. The fraction of sp³-hybridized carbons (Fsp3) is 0.818. The molecule has 2 heterocycles. The smallest absolute Gasteiger partial charge is 0.300 e. The molecular weight excluding hydrogens is 234 g/mol. The number of piperidine rings is 1. The van der Waals surface area contributed by atoms with Crippen molar-refractivity contribution in [2.45, 2.75) is 33.4 Å². The standard InChI is InChI=1S/C11H19N5O2/c1-3-15-11(18)16(13-12-15)7-6-14-5-4-10(17)9(2)8-14/h9H,3-8H2,1-2H3. The third-order valence-electron chi connectivity index (χ3n) is 3.38. The number of likely N-dealkylation sites (tertiary alicyclic amines) is 1. The van der Waals surface area contributed by atoms with Gasteiger partial charge in [-0.25, -0.2) is 4.79 Å². The molecule has 1 aromatic rings. The Morgan fingerprint density at radius 1 is 1.22 bits per heavy atom. The number of carbonyl (C=O) groups excluding carboxylic acids is 1. The van der Waals surface area contributed by atoms with Crippen molar-refractivity contribution in [1.29, 1.82) is 0 Å². The first-order chi connectivity index (χ1) is 8.61. The number of hydrogen-bond donors (Lipinski definition) is 0. The number of tetrazole rings is 1. The number of hydrogen-bond acceptors (Lipinski definition) is 5. The molecule has 1 aliphatic rings. The summed E-state index contributed by atoms with van der Waals surface area (Å²) in [4.78, 5) is 25.3. The van der Waals surface area contributed by atoms with Crippen LogP contribution < -0.4 is 5.69 Å². The molecule has 7 nitrogen and oxygen atoms in total. The van der Waals surface area contributed by atoms with Crippen molar-refractivity contribution in [2.24, 2.45) is 5.92 Å². The van der Waals surface area contributed by atoms with Gasteiger partial charge in [0.15, 0.2) is 0 Å². The van der Waals surface area contributed by atoms with Gasteiger partial charge in [-0.05, 0) is 17.4 Å². The van der Waals surface area contributed by atoms with Gasteiger partial charge in [0, 0.05) is 38.5 Å². The van der Waals surface area contributed by atoms with Crippen LogP contribution in [0.5, 0.6) is 0 Å². The van der Waals surface area contributed by atoms with Crippen LogP contribution in [0.15, 0.2) is 4.79 Å². The summed E-state index contributed by atoms with van der Waals surface area (Å²) >= 11 is 0. The second-order valence-electron chi connectivity index (χ2n) is 4.72. The van der Waals surface area contributed by atoms with Gasteiger partial charge in [-0.1, -0.05) is 6.92 Å². The number of aromatic nitrogens is 4. The predicted octanol–water partition coefficient (Wildman–Crippen LogP) is -0.629. The summed E-state index contributed by atoms with van der Waals surface area (Å²) in [7, 11) is 0. The van der Waals surface area contributed by atoms with Crippen molar-refractivity contribution in [3.8, 4) is 0 Å². The van der Waals surface area contributed by atoms with Crippen LogP contribution in [0.3, 0.4) is 0 Å². The van der Waals surface area contributed by atoms with Crippen molar-refractivity contribution in [3.63, 3.8) is 0 Å². The van der Waals surface area contributed by atoms with E-state index in [9.17, 15) is 9.59 Å². The maximum absolute atomic E-state index is 11.7. The van der Waals surface area contributed by atoms with Crippen LogP contribution in [0.4, 0.5) is 0 Å². The van der Waals surface area contributed by atoms with Gasteiger partial charge < -0.3 is 4.90 Å². The van der Waals surface area contributed by atoms with Gasteiger partial charge in [0.2, 0.25) is 0 Å². The average Bonchev–Trinajstić information content (AvgIpc) is 2.72. The highest BCUT2D eigenvalue weighted by atomic mass is 16.2. The van der Waals surface area contributed by atoms with Crippen LogP contribution in [0.25, 0.3) is 0 Å². The predicted molar refractivity (Wildman–Crippen MR) is 65.2 cm³/mol. The van der Waals surface area contributed by atoms with E-state index in [1.165, 1.54) is 9.36 Å². The van der Waals surface area contributed by atoms with Gasteiger partial charge in [0.1, 0.15) is 5.78 Å². The Bertz CT molecular complexity index is 478. The van der Waals surface area contributed by atoms with E-state index in [0.29, 0.717) is 25.3 Å². The van der Waals surface area contributed by atoms with Crippen LogP contribution in [-0.4, -0.2) is 50.1 Å². The lowest BCUT2D eigenvalue weighted by atomic mass is 9.99. The van der Waals surface area contributed by atoms with Gasteiger partial charge in [-0.15, -0.1) is 0 Å². The minimum atomic E-state index is -0.168. The molecule has 18 heavy (non-hydrogen) atoms. The molecule has 0 aliphatic carbocycles. The van der Waals surface area contributed by atoms with Crippen molar-refractivity contribution < 1.29 is 4.79 Å². The number of Topliss-reactive ketones (excluding diaryl/α,β-unsaturated/α-hetero) is 1. The molecule has 0 aromatic carbocycles. The molecule has 1 atom stereocenters. The zero-order valence-electron chi connectivity index (χ0n) is 10.9. The molecule has 7 heteroatoms. The Morgan fingerprint density at radius 3 is 2.56 bits per heavy atom. The molecule has 1 unspecified atom stereocenters. The first-order valence-corrected chi connectivity index (χ1v) is 6.37. The van der Waals surface area contributed by atoms with Crippen molar-refractivity contribution in [3.05, 3.63) is 10.5 Å². The summed E-state index contributed by atoms with van der Waals surface area (Å²) in [5, 5.41) is 7.60. The van der Waals surface area contributed by atoms with E-state index in [4.69, 9.17) is 0 Å². The highest BCUT2D eigenvalue weighted by molar-refractivity contribution is 5.81. The highest BCUT2D eigenvalue weighted by Gasteiger charge is 2.23. The molecule has 2 rings (SSSR count). The number of ketones is 1. The Morgan fingerprint density at radius 2 is 1.94 bits per heavy atom. The van der Waals surface area contributed by atoms with Crippen LogP contribution in [-0.2, 0) is 17.9 Å². The van der Waals surface area contributed by atoms with Crippen molar-refractivity contribution in [2.75, 3.05) is 19.6 Å². The molecule has 1 saturated heterocycles. The van der Waals surface area contributed by atoms with Crippen LogP contribution in [0, 0.1) is 5.92 Å². The molecule has 0 bridgehead atoms. The zero-order valence-corrected chi connectivity index (χ0v) is 10.9. The Kier molecular flexibility index (Phi) is 3.90. The van der Waals surface area contributed by atoms with Gasteiger partial charge in [0.25, 0.3) is 0 Å². The van der Waals surface area contributed by atoms with Crippen molar-refractivity contribution >= 4 is 5.78 Å². The van der Waals surface area contributed by atoms with Gasteiger partial charge in [-0.2, -0.15) is 9.36 Å². The zero-order chi connectivity index (χ0) is 13.1. The largest absolute Gasteiger partial charge is 0.363 e. The van der Waals surface area contributed by atoms with Gasteiger partial charge in [0.05, 0.1) is 6.54 Å². The fourth-order valence-corrected chi connectivity index (χ4v) is 2.18. The lowest BCUT2D eigenvalue weighted by Crippen LogP contribution is -2.42. The van der Waals surface area contributed by atoms with Crippen LogP contribution in [0.2, 0.25) is 0 Å². The molecule has 1 aromatic heterocycles. The van der Waals surface area contributed by atoms with Gasteiger partial charge in [-0.3, -0.25) is 4.79 Å². The molecule has 0 N–H and O–H groups in total. The monoisotopic (exact) mass is 253 g/mol. The Labute approximate surface area is 105 Å². The van der Waals surface area contributed by atoms with Gasteiger partial charge >= 0.3 is 5.69 Å². The number of rotatable bonds is 4. The first-order valence-electron chi connectivity index (χ1n) is 6.37. The van der Waals surface area contributed by atoms with E-state index >= 15 is 0 Å². The molecule has 100 valence electrons. The summed E-state index contributed by atoms with van der Waals surface area (Å²) in [5.74, 6) is 0.433. The summed E-state index contributed by atoms with van der Waals surface area (Å²) in [6, 6.07) is 0. The maximum Gasteiger partial charge on any atom is 0.363 e. The second-order valence-corrected chi connectivity index (χ2v) is 4.72. The highest BCUT2D eigenvalue weighted by Crippen LogP contribution is 2.11. The SMILES string of the molecule is CCn1nnn(CCN2CCC(=O)C(C)C2)c1=O. The summed E-state index contributed by atoms with van der Waals surface area (Å²) in [5.41, 5.74) is -0.168. The number of carbonyl (C=O) groups is 1. The summed E-state index contributed by atoms with van der Waals surface area (Å²) in [6.45, 7) is 7.16. The fourth-order valence-electron chi connectivity index (χ4n) is 2.18. The third kappa shape index (κ3) is 2.66. The quantitative estimate of drug-likeness (QED) is 0.714.